The molecule has 0 atom stereocenters. The number of hydrogen-bond donors (Lipinski definition) is 0. The molecule has 0 radical (unpaired) electrons. The van der Waals surface area contributed by atoms with Crippen LogP contribution in [0.4, 0.5) is 102 Å². The Morgan fingerprint density at radius 3 is 0.504 bits per heavy atom. The van der Waals surface area contributed by atoms with Gasteiger partial charge in [-0.05, 0) is 328 Å². The molecule has 0 saturated carbocycles. The van der Waals surface area contributed by atoms with Gasteiger partial charge in [-0.25, -0.2) is 0 Å². The average molecular weight is 1860 g/mol. The Morgan fingerprint density at radius 1 is 0.0922 bits per heavy atom. The second-order valence-electron chi connectivity index (χ2n) is 35.6. The first-order chi connectivity index (χ1) is 69.8. The average Bonchev–Trinajstić information content (AvgIpc) is 1.66. The van der Waals surface area contributed by atoms with Crippen molar-refractivity contribution < 1.29 is 0 Å². The highest BCUT2D eigenvalue weighted by atomic mass is 32.1. The molecule has 0 N–H and O–H groups in total. The van der Waals surface area contributed by atoms with Crippen LogP contribution in [0.1, 0.15) is 0 Å². The van der Waals surface area contributed by atoms with Crippen LogP contribution in [0.15, 0.2) is 546 Å². The topological polar surface area (TPSA) is 19.4 Å². The zero-order chi connectivity index (χ0) is 93.5. The lowest BCUT2D eigenvalue weighted by Crippen LogP contribution is -2.10. The summed E-state index contributed by atoms with van der Waals surface area (Å²) in [7, 11) is 0. The second kappa shape index (κ2) is 37.4. The third kappa shape index (κ3) is 16.8. The zero-order valence-electron chi connectivity index (χ0n) is 76.9. The first-order valence-corrected chi connectivity index (χ1v) is 50.2. The van der Waals surface area contributed by atoms with Gasteiger partial charge in [0.2, 0.25) is 0 Å². The smallest absolute Gasteiger partial charge is 0.0468 e. The van der Waals surface area contributed by atoms with E-state index in [9.17, 15) is 0 Å². The van der Waals surface area contributed by atoms with Crippen molar-refractivity contribution in [3.63, 3.8) is 0 Å². The number of fused-ring (bicyclic) bond motifs is 9. The third-order valence-corrected chi connectivity index (χ3v) is 30.5. The largest absolute Gasteiger partial charge is 0.311 e. The molecule has 0 aliphatic heterocycles. The fourth-order valence-corrected chi connectivity index (χ4v) is 23.3. The highest BCUT2D eigenvalue weighted by molar-refractivity contribution is 7.26. The van der Waals surface area contributed by atoms with E-state index in [0.29, 0.717) is 0 Å². The van der Waals surface area contributed by atoms with Gasteiger partial charge in [0.05, 0.1) is 0 Å². The minimum atomic E-state index is 1.05. The SMILES string of the molecule is c1ccc(N(c2ccccc2)c2ccc(-c3ccc(N(c4ccc(-c5ccc(N(c6ccccc6)c6ccc(-c7cccc(N(c8ccc(-c9ccc(N(c%10ccccc%10)c%10ccc(-c%11ccc(N(c%12ccccc%12)c%12ccc%13sc%14ccccc%14c%13c%12)cc%11)cc%10)cc9)cc8)c8ccc9sc%10ccccc%10c9c8)c7)cc6)cc5)cc4)c4ccc(-c5ccc6sc7ccccc7c6c5)cc4)cc3)cc2)cc1. The number of benzene rings is 22. The normalized spacial score (nSPS) is 11.4. The van der Waals surface area contributed by atoms with Crippen LogP contribution in [0.2, 0.25) is 0 Å². The van der Waals surface area contributed by atoms with E-state index < -0.39 is 0 Å². The van der Waals surface area contributed by atoms with Crippen LogP contribution in [-0.2, 0) is 0 Å². The molecule has 3 heterocycles. The van der Waals surface area contributed by atoms with Gasteiger partial charge in [0.25, 0.3) is 0 Å². The summed E-state index contributed by atoms with van der Waals surface area (Å²) < 4.78 is 7.75. The Kier molecular flexibility index (Phi) is 22.6. The Hall–Kier alpha value is -17.7. The van der Waals surface area contributed by atoms with E-state index in [0.717, 1.165) is 158 Å². The molecule has 0 saturated heterocycles. The molecular weight excluding hydrogens is 1770 g/mol. The molecule has 0 amide bonds. The van der Waals surface area contributed by atoms with Crippen molar-refractivity contribution in [3.8, 4) is 66.8 Å². The molecule has 0 spiro atoms. The van der Waals surface area contributed by atoms with Crippen molar-refractivity contribution in [1.82, 2.24) is 0 Å². The van der Waals surface area contributed by atoms with E-state index in [2.05, 4.69) is 575 Å². The number of para-hydroxylation sites is 5. The van der Waals surface area contributed by atoms with Crippen LogP contribution in [0.3, 0.4) is 0 Å². The molecule has 9 heteroatoms. The lowest BCUT2D eigenvalue weighted by Gasteiger charge is -2.27. The fourth-order valence-electron chi connectivity index (χ4n) is 20.0. The molecular formula is C132H90N6S3. The van der Waals surface area contributed by atoms with E-state index in [4.69, 9.17) is 0 Å². The van der Waals surface area contributed by atoms with Gasteiger partial charge in [-0.3, -0.25) is 0 Å². The Balaban J connectivity index is 0.480. The van der Waals surface area contributed by atoms with Crippen molar-refractivity contribution in [1.29, 1.82) is 0 Å². The van der Waals surface area contributed by atoms with E-state index >= 15 is 0 Å². The van der Waals surface area contributed by atoms with Gasteiger partial charge in [-0.15, -0.1) is 34.0 Å². The van der Waals surface area contributed by atoms with E-state index in [1.807, 2.05) is 34.0 Å². The summed E-state index contributed by atoms with van der Waals surface area (Å²) in [6, 6.07) is 199. The number of nitrogens with zero attached hydrogens (tertiary/aromatic N) is 6. The summed E-state index contributed by atoms with van der Waals surface area (Å²) in [5.74, 6) is 0. The quantitative estimate of drug-likeness (QED) is 0.0596. The predicted molar refractivity (Wildman–Crippen MR) is 606 cm³/mol. The van der Waals surface area contributed by atoms with Crippen LogP contribution in [0.5, 0.6) is 0 Å². The molecule has 0 fully saturated rings. The number of rotatable bonds is 24. The summed E-state index contributed by atoms with van der Waals surface area (Å²) in [6.07, 6.45) is 0. The standard InChI is InChI=1S/C132H90N6S3/c1-6-24-103(25-7-1)133(104-26-8-2-9-27-104)108-62-41-91(42-63-108)95-49-70-113(71-50-95)136(115-80-59-100(60-81-115)102-61-84-130-124(88-102)121-35-16-19-38-127(121)139-130)114-72-51-96(52-73-114)92-43-68-111(69-44-92)135(106-30-12-4-13-31-106)112-78-57-99(58-79-112)101-23-22-34-118(87-101)138(120-83-86-132-126(90-120)123-37-18-21-40-129(123)141-132)117-76-55-98(56-77-117)94-47-66-110(67-48-94)134(105-28-10-3-11-29-105)109-64-45-93(46-65-109)97-53-74-116(75-54-97)137(107-32-14-5-15-33-107)119-82-85-131-125(89-119)122-36-17-20-39-128(122)140-131/h1-90H. The highest BCUT2D eigenvalue weighted by Gasteiger charge is 2.24. The van der Waals surface area contributed by atoms with E-state index in [1.165, 1.54) is 71.6 Å². The summed E-state index contributed by atoms with van der Waals surface area (Å²) >= 11 is 5.54. The lowest BCUT2D eigenvalue weighted by molar-refractivity contribution is 1.28. The molecule has 666 valence electrons. The minimum Gasteiger partial charge on any atom is -0.311 e. The van der Waals surface area contributed by atoms with Gasteiger partial charge >= 0.3 is 0 Å². The van der Waals surface area contributed by atoms with Gasteiger partial charge in [-0.1, -0.05) is 285 Å². The monoisotopic (exact) mass is 1850 g/mol. The molecule has 6 nitrogen and oxygen atoms in total. The number of hydrogen-bond acceptors (Lipinski definition) is 9. The lowest BCUT2D eigenvalue weighted by atomic mass is 10.0. The summed E-state index contributed by atoms with van der Waals surface area (Å²) in [5, 5.41) is 7.67. The Bertz CT molecular complexity index is 8730. The van der Waals surface area contributed by atoms with Crippen molar-refractivity contribution in [2.75, 3.05) is 29.4 Å². The van der Waals surface area contributed by atoms with Gasteiger partial charge < -0.3 is 29.4 Å². The fraction of sp³-hybridized carbons (Fsp3) is 0. The minimum absolute atomic E-state index is 1.05. The maximum Gasteiger partial charge on any atom is 0.0468 e. The molecule has 3 aromatic heterocycles. The highest BCUT2D eigenvalue weighted by Crippen LogP contribution is 2.49. The van der Waals surface area contributed by atoms with Gasteiger partial charge in [0.1, 0.15) is 0 Å². The van der Waals surface area contributed by atoms with Gasteiger partial charge in [-0.2, -0.15) is 0 Å². The maximum atomic E-state index is 2.41. The van der Waals surface area contributed by atoms with Crippen LogP contribution >= 0.6 is 34.0 Å². The third-order valence-electron chi connectivity index (χ3n) is 27.0. The van der Waals surface area contributed by atoms with Crippen molar-refractivity contribution in [3.05, 3.63) is 546 Å². The number of thiophene rings is 3. The van der Waals surface area contributed by atoms with Crippen LogP contribution in [0.25, 0.3) is 127 Å². The first-order valence-electron chi connectivity index (χ1n) is 47.8. The molecule has 141 heavy (non-hydrogen) atoms. The van der Waals surface area contributed by atoms with Crippen molar-refractivity contribution in [2.24, 2.45) is 0 Å². The molecule has 0 unspecified atom stereocenters. The van der Waals surface area contributed by atoms with Crippen LogP contribution in [-0.4, -0.2) is 0 Å². The van der Waals surface area contributed by atoms with E-state index in [-0.39, 0.29) is 0 Å². The molecule has 25 aromatic rings. The van der Waals surface area contributed by atoms with Crippen molar-refractivity contribution in [2.45, 2.75) is 0 Å². The summed E-state index contributed by atoms with van der Waals surface area (Å²) in [5.41, 5.74) is 33.1. The Morgan fingerprint density at radius 2 is 0.248 bits per heavy atom. The van der Waals surface area contributed by atoms with Gasteiger partial charge in [0.15, 0.2) is 0 Å². The second-order valence-corrected chi connectivity index (χ2v) is 38.8. The molecule has 0 aliphatic carbocycles. The molecule has 25 rings (SSSR count). The van der Waals surface area contributed by atoms with E-state index in [1.54, 1.807) is 0 Å². The number of anilines is 18. The van der Waals surface area contributed by atoms with Crippen molar-refractivity contribution >= 4 is 197 Å². The predicted octanol–water partition coefficient (Wildman–Crippen LogP) is 39.6. The first kappa shape index (κ1) is 85.0. The molecule has 0 aliphatic rings. The molecule has 0 bridgehead atoms. The van der Waals surface area contributed by atoms with Gasteiger partial charge in [0, 0.05) is 163 Å². The van der Waals surface area contributed by atoms with Crippen LogP contribution < -0.4 is 29.4 Å². The maximum absolute atomic E-state index is 2.41. The van der Waals surface area contributed by atoms with Crippen LogP contribution in [0, 0.1) is 0 Å². The summed E-state index contributed by atoms with van der Waals surface area (Å²) in [4.78, 5) is 14.1. The summed E-state index contributed by atoms with van der Waals surface area (Å²) in [6.45, 7) is 0. The zero-order valence-corrected chi connectivity index (χ0v) is 79.3. The Labute approximate surface area is 832 Å². The molecule has 22 aromatic carbocycles.